The molecule has 0 bridgehead atoms. The van der Waals surface area contributed by atoms with E-state index in [1.54, 1.807) is 0 Å². The molecule has 16 heavy (non-hydrogen) atoms. The van der Waals surface area contributed by atoms with Crippen LogP contribution in [0.4, 0.5) is 0 Å². The molecule has 0 fully saturated rings. The van der Waals surface area contributed by atoms with Crippen molar-refractivity contribution in [2.75, 3.05) is 6.61 Å². The van der Waals surface area contributed by atoms with Gasteiger partial charge in [-0.25, -0.2) is 0 Å². The highest BCUT2D eigenvalue weighted by molar-refractivity contribution is 6.31. The summed E-state index contributed by atoms with van der Waals surface area (Å²) in [5, 5.41) is 12.4. The van der Waals surface area contributed by atoms with Crippen LogP contribution in [0.3, 0.4) is 0 Å². The average molecular weight is 235 g/mol. The summed E-state index contributed by atoms with van der Waals surface area (Å²) in [6.07, 6.45) is 0. The van der Waals surface area contributed by atoms with Gasteiger partial charge in [-0.05, 0) is 28.5 Å². The smallest absolute Gasteiger partial charge is 0.0522 e. The molecule has 0 saturated carbocycles. The topological polar surface area (TPSA) is 20.2 Å². The van der Waals surface area contributed by atoms with Gasteiger partial charge < -0.3 is 5.11 Å². The summed E-state index contributed by atoms with van der Waals surface area (Å²) in [5.74, 6) is 0. The molecule has 0 spiro atoms. The third kappa shape index (κ3) is 2.06. The van der Waals surface area contributed by atoms with Crippen molar-refractivity contribution in [1.29, 1.82) is 0 Å². The van der Waals surface area contributed by atoms with E-state index >= 15 is 0 Å². The summed E-state index contributed by atoms with van der Waals surface area (Å²) in [6.45, 7) is 4.19. The standard InChI is InChI=1S/C14H15ClO/c1-14(2,9-16)12-5-3-10-4-6-13(15)8-11(10)7-12/h3-8,16H,9H2,1-2H3. The molecule has 0 aromatic heterocycles. The second-order valence-electron chi connectivity index (χ2n) is 4.75. The Balaban J connectivity index is 2.59. The minimum absolute atomic E-state index is 0.138. The first kappa shape index (κ1) is 11.4. The summed E-state index contributed by atoms with van der Waals surface area (Å²) in [4.78, 5) is 0. The number of aliphatic hydroxyl groups excluding tert-OH is 1. The quantitative estimate of drug-likeness (QED) is 0.839. The number of hydrogen-bond acceptors (Lipinski definition) is 1. The highest BCUT2D eigenvalue weighted by atomic mass is 35.5. The van der Waals surface area contributed by atoms with E-state index in [2.05, 4.69) is 18.2 Å². The largest absolute Gasteiger partial charge is 0.395 e. The van der Waals surface area contributed by atoms with E-state index < -0.39 is 0 Å². The van der Waals surface area contributed by atoms with E-state index in [1.165, 1.54) is 5.39 Å². The molecular weight excluding hydrogens is 220 g/mol. The van der Waals surface area contributed by atoms with Gasteiger partial charge in [0.05, 0.1) is 6.61 Å². The molecule has 2 heteroatoms. The lowest BCUT2D eigenvalue weighted by atomic mass is 9.84. The fourth-order valence-corrected chi connectivity index (χ4v) is 1.91. The monoisotopic (exact) mass is 234 g/mol. The first-order valence-corrected chi connectivity index (χ1v) is 5.71. The van der Waals surface area contributed by atoms with E-state index in [0.29, 0.717) is 0 Å². The van der Waals surface area contributed by atoms with Crippen LogP contribution in [0.2, 0.25) is 5.02 Å². The molecule has 2 aromatic carbocycles. The van der Waals surface area contributed by atoms with Gasteiger partial charge in [0.2, 0.25) is 0 Å². The predicted molar refractivity (Wildman–Crippen MR) is 69.1 cm³/mol. The van der Waals surface area contributed by atoms with Crippen LogP contribution in [0.5, 0.6) is 0 Å². The van der Waals surface area contributed by atoms with Crippen molar-refractivity contribution in [1.82, 2.24) is 0 Å². The van der Waals surface area contributed by atoms with Crippen molar-refractivity contribution in [3.63, 3.8) is 0 Å². The molecule has 0 aliphatic carbocycles. The molecule has 0 aliphatic rings. The maximum Gasteiger partial charge on any atom is 0.0522 e. The van der Waals surface area contributed by atoms with Crippen molar-refractivity contribution < 1.29 is 5.11 Å². The Kier molecular flexibility index (Phi) is 2.92. The molecule has 0 amide bonds. The third-order valence-electron chi connectivity index (χ3n) is 2.98. The zero-order valence-electron chi connectivity index (χ0n) is 9.50. The zero-order chi connectivity index (χ0) is 11.8. The molecule has 84 valence electrons. The van der Waals surface area contributed by atoms with Crippen LogP contribution in [-0.4, -0.2) is 11.7 Å². The minimum Gasteiger partial charge on any atom is -0.395 e. The summed E-state index contributed by atoms with van der Waals surface area (Å²) >= 11 is 5.97. The molecule has 2 rings (SSSR count). The van der Waals surface area contributed by atoms with Gasteiger partial charge in [0, 0.05) is 10.4 Å². The van der Waals surface area contributed by atoms with Crippen molar-refractivity contribution >= 4 is 22.4 Å². The van der Waals surface area contributed by atoms with Crippen LogP contribution in [0, 0.1) is 0 Å². The first-order chi connectivity index (χ1) is 7.53. The average Bonchev–Trinajstić information content (AvgIpc) is 2.28. The molecule has 0 heterocycles. The molecule has 0 unspecified atom stereocenters. The van der Waals surface area contributed by atoms with Gasteiger partial charge in [-0.3, -0.25) is 0 Å². The van der Waals surface area contributed by atoms with Crippen LogP contribution in [0.15, 0.2) is 36.4 Å². The van der Waals surface area contributed by atoms with Crippen LogP contribution >= 0.6 is 11.6 Å². The Morgan fingerprint density at radius 1 is 1.06 bits per heavy atom. The molecule has 0 aliphatic heterocycles. The predicted octanol–water partition coefficient (Wildman–Crippen LogP) is 3.76. The lowest BCUT2D eigenvalue weighted by Crippen LogP contribution is -2.21. The highest BCUT2D eigenvalue weighted by Gasteiger charge is 2.19. The number of fused-ring (bicyclic) bond motifs is 1. The van der Waals surface area contributed by atoms with Gasteiger partial charge in [0.1, 0.15) is 0 Å². The summed E-state index contributed by atoms with van der Waals surface area (Å²) in [7, 11) is 0. The number of halogens is 1. The number of hydrogen-bond donors (Lipinski definition) is 1. The summed E-state index contributed by atoms with van der Waals surface area (Å²) < 4.78 is 0. The maximum absolute atomic E-state index is 9.35. The van der Waals surface area contributed by atoms with Crippen molar-refractivity contribution in [2.45, 2.75) is 19.3 Å². The van der Waals surface area contributed by atoms with Crippen molar-refractivity contribution in [2.24, 2.45) is 0 Å². The molecule has 0 atom stereocenters. The normalized spacial score (nSPS) is 12.0. The first-order valence-electron chi connectivity index (χ1n) is 5.33. The number of benzene rings is 2. The highest BCUT2D eigenvalue weighted by Crippen LogP contribution is 2.27. The van der Waals surface area contributed by atoms with Gasteiger partial charge in [0.15, 0.2) is 0 Å². The van der Waals surface area contributed by atoms with E-state index in [0.717, 1.165) is 16.0 Å². The molecule has 0 radical (unpaired) electrons. The third-order valence-corrected chi connectivity index (χ3v) is 3.21. The van der Waals surface area contributed by atoms with Crippen LogP contribution in [0.25, 0.3) is 10.8 Å². The Morgan fingerprint density at radius 3 is 2.44 bits per heavy atom. The second-order valence-corrected chi connectivity index (χ2v) is 5.18. The van der Waals surface area contributed by atoms with Crippen molar-refractivity contribution in [3.05, 3.63) is 47.0 Å². The van der Waals surface area contributed by atoms with E-state index in [4.69, 9.17) is 11.6 Å². The fraction of sp³-hybridized carbons (Fsp3) is 0.286. The SMILES string of the molecule is CC(C)(CO)c1ccc2ccc(Cl)cc2c1. The van der Waals surface area contributed by atoms with Crippen LogP contribution in [-0.2, 0) is 5.41 Å². The summed E-state index contributed by atoms with van der Waals surface area (Å²) in [5.41, 5.74) is 0.918. The Morgan fingerprint density at radius 2 is 1.75 bits per heavy atom. The minimum atomic E-state index is -0.212. The van der Waals surface area contributed by atoms with E-state index in [1.807, 2.05) is 32.0 Å². The van der Waals surface area contributed by atoms with Gasteiger partial charge in [-0.15, -0.1) is 0 Å². The Bertz CT molecular complexity index is 517. The van der Waals surface area contributed by atoms with E-state index in [9.17, 15) is 5.11 Å². The Labute approximate surface area is 101 Å². The van der Waals surface area contributed by atoms with Gasteiger partial charge in [-0.2, -0.15) is 0 Å². The molecule has 1 N–H and O–H groups in total. The van der Waals surface area contributed by atoms with E-state index in [-0.39, 0.29) is 12.0 Å². The second kappa shape index (κ2) is 4.08. The molecule has 0 saturated heterocycles. The van der Waals surface area contributed by atoms with Crippen LogP contribution < -0.4 is 0 Å². The fourth-order valence-electron chi connectivity index (χ4n) is 1.73. The number of rotatable bonds is 2. The maximum atomic E-state index is 9.35. The zero-order valence-corrected chi connectivity index (χ0v) is 10.3. The molecule has 2 aromatic rings. The van der Waals surface area contributed by atoms with Gasteiger partial charge in [-0.1, -0.05) is 49.7 Å². The molecular formula is C14H15ClO. The number of aliphatic hydroxyl groups is 1. The molecule has 1 nitrogen and oxygen atoms in total. The van der Waals surface area contributed by atoms with Crippen LogP contribution in [0.1, 0.15) is 19.4 Å². The lowest BCUT2D eigenvalue weighted by Gasteiger charge is -2.22. The van der Waals surface area contributed by atoms with Crippen molar-refractivity contribution in [3.8, 4) is 0 Å². The van der Waals surface area contributed by atoms with Gasteiger partial charge >= 0.3 is 0 Å². The van der Waals surface area contributed by atoms with Gasteiger partial charge in [0.25, 0.3) is 0 Å². The Hall–Kier alpha value is -1.05. The summed E-state index contributed by atoms with van der Waals surface area (Å²) in [6, 6.07) is 12.1. The lowest BCUT2D eigenvalue weighted by molar-refractivity contribution is 0.218.